The van der Waals surface area contributed by atoms with Gasteiger partial charge in [0.2, 0.25) is 5.91 Å². The van der Waals surface area contributed by atoms with Crippen LogP contribution >= 0.6 is 11.6 Å². The highest BCUT2D eigenvalue weighted by atomic mass is 35.5. The van der Waals surface area contributed by atoms with Crippen LogP contribution in [0.5, 0.6) is 5.75 Å². The zero-order valence-corrected chi connectivity index (χ0v) is 24.7. The molecule has 2 amide bonds. The van der Waals surface area contributed by atoms with Gasteiger partial charge < -0.3 is 19.1 Å². The zero-order chi connectivity index (χ0) is 29.1. The van der Waals surface area contributed by atoms with Crippen LogP contribution in [0.15, 0.2) is 30.6 Å². The van der Waals surface area contributed by atoms with Gasteiger partial charge in [-0.15, -0.1) is 0 Å². The maximum Gasteiger partial charge on any atom is 0.427 e. The highest BCUT2D eigenvalue weighted by Crippen LogP contribution is 2.31. The number of ether oxygens (including phenoxy) is 1. The van der Waals surface area contributed by atoms with Gasteiger partial charge in [-0.3, -0.25) is 19.7 Å². The molecule has 2 fully saturated rings. The molecule has 0 bridgehead atoms. The smallest absolute Gasteiger partial charge is 0.407 e. The quantitative estimate of drug-likeness (QED) is 0.401. The summed E-state index contributed by atoms with van der Waals surface area (Å²) >= 11 is 6.26. The van der Waals surface area contributed by atoms with Crippen molar-refractivity contribution in [3.05, 3.63) is 46.9 Å². The minimum atomic E-state index is -0.601. The van der Waals surface area contributed by atoms with Crippen LogP contribution in [0.1, 0.15) is 54.7 Å². The number of likely N-dealkylation sites (N-methyl/N-ethyl adjacent to an activating group) is 1. The molecule has 11 nitrogen and oxygen atoms in total. The molecule has 4 heterocycles. The summed E-state index contributed by atoms with van der Waals surface area (Å²) in [6, 6.07) is 5.50. The second kappa shape index (κ2) is 12.6. The van der Waals surface area contributed by atoms with Crippen LogP contribution < -0.4 is 10.2 Å². The number of hydrazine groups is 1. The number of hydrogen-bond acceptors (Lipinski definition) is 7. The van der Waals surface area contributed by atoms with Crippen LogP contribution in [0.2, 0.25) is 5.02 Å². The molecule has 0 radical (unpaired) electrons. The Morgan fingerprint density at radius 3 is 2.54 bits per heavy atom. The fourth-order valence-corrected chi connectivity index (χ4v) is 5.82. The number of ketones is 1. The number of aromatic nitrogens is 3. The molecule has 41 heavy (non-hydrogen) atoms. The third kappa shape index (κ3) is 6.58. The molecule has 1 aromatic carbocycles. The predicted octanol–water partition coefficient (Wildman–Crippen LogP) is 3.90. The number of hydrogen-bond donors (Lipinski definition) is 1. The summed E-state index contributed by atoms with van der Waals surface area (Å²) < 4.78 is 9.49. The lowest BCUT2D eigenvalue weighted by Crippen LogP contribution is -2.48. The molecule has 0 atom stereocenters. The molecule has 5 rings (SSSR count). The van der Waals surface area contributed by atoms with E-state index in [1.165, 1.54) is 0 Å². The fraction of sp³-hybridized carbons (Fsp3) is 0.517. The molecule has 0 saturated carbocycles. The number of carbonyl (C=O) groups excluding carboxylic acids is 3. The SMILES string of the molecule is CCCC(=O)c1cnn(C2CCN(NC(=O)Oc3cn(CC(=O)N4CCN(C)CC4)c4ccc(Cl)cc34)CC2)c1C. The fourth-order valence-electron chi connectivity index (χ4n) is 5.65. The van der Waals surface area contributed by atoms with Crippen molar-refractivity contribution in [3.63, 3.8) is 0 Å². The van der Waals surface area contributed by atoms with Crippen LogP contribution in [0.3, 0.4) is 0 Å². The van der Waals surface area contributed by atoms with Gasteiger partial charge in [-0.05, 0) is 51.4 Å². The number of nitrogens with one attached hydrogen (secondary N) is 1. The number of carbonyl (C=O) groups is 3. The minimum absolute atomic E-state index is 0.0260. The third-order valence-corrected chi connectivity index (χ3v) is 8.29. The van der Waals surface area contributed by atoms with E-state index in [1.807, 2.05) is 39.1 Å². The third-order valence-electron chi connectivity index (χ3n) is 8.05. The molecule has 0 unspecified atom stereocenters. The summed E-state index contributed by atoms with van der Waals surface area (Å²) in [6.07, 6.45) is 5.65. The molecule has 12 heteroatoms. The van der Waals surface area contributed by atoms with Gasteiger partial charge in [0.1, 0.15) is 6.54 Å². The molecule has 2 aliphatic heterocycles. The van der Waals surface area contributed by atoms with E-state index in [0.29, 0.717) is 54.3 Å². The Kier molecular flexibility index (Phi) is 8.96. The van der Waals surface area contributed by atoms with Gasteiger partial charge in [0, 0.05) is 68.0 Å². The molecular weight excluding hydrogens is 546 g/mol. The lowest BCUT2D eigenvalue weighted by Gasteiger charge is -2.32. The van der Waals surface area contributed by atoms with Crippen molar-refractivity contribution in [2.45, 2.75) is 52.1 Å². The van der Waals surface area contributed by atoms with Gasteiger partial charge in [-0.2, -0.15) is 5.10 Å². The van der Waals surface area contributed by atoms with Crippen LogP contribution in [0.25, 0.3) is 10.9 Å². The van der Waals surface area contributed by atoms with Crippen molar-refractivity contribution in [3.8, 4) is 5.75 Å². The Hall–Kier alpha value is -3.41. The Labute approximate surface area is 244 Å². The first kappa shape index (κ1) is 29.1. The van der Waals surface area contributed by atoms with E-state index in [-0.39, 0.29) is 24.3 Å². The summed E-state index contributed by atoms with van der Waals surface area (Å²) in [5, 5.41) is 7.52. The molecule has 2 aromatic heterocycles. The Morgan fingerprint density at radius 2 is 1.83 bits per heavy atom. The molecule has 220 valence electrons. The maximum absolute atomic E-state index is 13.0. The normalized spacial score (nSPS) is 17.2. The van der Waals surface area contributed by atoms with Crippen molar-refractivity contribution < 1.29 is 19.1 Å². The van der Waals surface area contributed by atoms with Gasteiger partial charge in [0.25, 0.3) is 0 Å². The zero-order valence-electron chi connectivity index (χ0n) is 23.9. The Morgan fingerprint density at radius 1 is 1.10 bits per heavy atom. The monoisotopic (exact) mass is 583 g/mol. The van der Waals surface area contributed by atoms with E-state index in [9.17, 15) is 14.4 Å². The van der Waals surface area contributed by atoms with Crippen molar-refractivity contribution >= 4 is 40.3 Å². The van der Waals surface area contributed by atoms with E-state index < -0.39 is 6.09 Å². The van der Waals surface area contributed by atoms with Gasteiger partial charge >= 0.3 is 6.09 Å². The topological polar surface area (TPSA) is 105 Å². The standard InChI is InChI=1S/C29H38ClN7O4/c1-4-5-26(38)24-17-31-37(20(24)2)22-8-10-36(11-9-22)32-29(40)41-27-18-35(25-7-6-21(30)16-23(25)27)19-28(39)34-14-12-33(3)13-15-34/h6-7,16-18,22H,4-5,8-15,19H2,1-3H3,(H,32,40). The van der Waals surface area contributed by atoms with E-state index in [2.05, 4.69) is 22.5 Å². The second-order valence-corrected chi connectivity index (χ2v) is 11.4. The van der Waals surface area contributed by atoms with Crippen molar-refractivity contribution in [2.75, 3.05) is 46.3 Å². The molecule has 0 spiro atoms. The highest BCUT2D eigenvalue weighted by Gasteiger charge is 2.26. The summed E-state index contributed by atoms with van der Waals surface area (Å²) in [4.78, 5) is 42.4. The van der Waals surface area contributed by atoms with E-state index in [4.69, 9.17) is 16.3 Å². The molecule has 1 N–H and O–H groups in total. The van der Waals surface area contributed by atoms with Gasteiger partial charge in [-0.25, -0.2) is 9.80 Å². The minimum Gasteiger partial charge on any atom is -0.407 e. The number of amides is 2. The van der Waals surface area contributed by atoms with Crippen LogP contribution in [-0.2, 0) is 11.3 Å². The number of fused-ring (bicyclic) bond motifs is 1. The number of halogens is 1. The number of nitrogens with zero attached hydrogens (tertiary/aromatic N) is 6. The van der Waals surface area contributed by atoms with Crippen LogP contribution in [-0.4, -0.2) is 93.3 Å². The number of benzene rings is 1. The molecule has 0 aliphatic carbocycles. The second-order valence-electron chi connectivity index (χ2n) is 10.9. The summed E-state index contributed by atoms with van der Waals surface area (Å²) in [5.41, 5.74) is 5.21. The van der Waals surface area contributed by atoms with Crippen molar-refractivity contribution in [1.29, 1.82) is 0 Å². The predicted molar refractivity (Wildman–Crippen MR) is 156 cm³/mol. The summed E-state index contributed by atoms with van der Waals surface area (Å²) in [6.45, 7) is 8.41. The highest BCUT2D eigenvalue weighted by molar-refractivity contribution is 6.31. The lowest BCUT2D eigenvalue weighted by molar-refractivity contribution is -0.133. The van der Waals surface area contributed by atoms with E-state index >= 15 is 0 Å². The number of piperidine rings is 1. The van der Waals surface area contributed by atoms with Gasteiger partial charge in [0.15, 0.2) is 11.5 Å². The largest absolute Gasteiger partial charge is 0.427 e. The van der Waals surface area contributed by atoms with E-state index in [1.54, 1.807) is 24.5 Å². The van der Waals surface area contributed by atoms with E-state index in [0.717, 1.165) is 43.6 Å². The number of rotatable bonds is 8. The number of piperazine rings is 1. The van der Waals surface area contributed by atoms with Crippen molar-refractivity contribution in [2.24, 2.45) is 0 Å². The van der Waals surface area contributed by atoms with Crippen LogP contribution in [0, 0.1) is 6.92 Å². The summed E-state index contributed by atoms with van der Waals surface area (Å²) in [7, 11) is 2.05. The lowest BCUT2D eigenvalue weighted by atomic mass is 10.0. The molecule has 2 aliphatic rings. The van der Waals surface area contributed by atoms with Crippen LogP contribution in [0.4, 0.5) is 4.79 Å². The maximum atomic E-state index is 13.0. The van der Waals surface area contributed by atoms with Gasteiger partial charge in [0.05, 0.1) is 23.3 Å². The Balaban J connectivity index is 1.20. The molecule has 2 saturated heterocycles. The average Bonchev–Trinajstić information content (AvgIpc) is 3.49. The van der Waals surface area contributed by atoms with Gasteiger partial charge in [-0.1, -0.05) is 18.5 Å². The first-order chi connectivity index (χ1) is 19.7. The van der Waals surface area contributed by atoms with Crippen molar-refractivity contribution in [1.82, 2.24) is 34.6 Å². The number of Topliss-reactive ketones (excluding diaryl/α,β-unsaturated/α-hetero) is 1. The average molecular weight is 584 g/mol. The molecule has 3 aromatic rings. The summed E-state index contributed by atoms with van der Waals surface area (Å²) in [5.74, 6) is 0.500. The Bertz CT molecular complexity index is 1420. The first-order valence-corrected chi connectivity index (χ1v) is 14.7. The first-order valence-electron chi connectivity index (χ1n) is 14.3. The molecular formula is C29H38ClN7O4.